The van der Waals surface area contributed by atoms with Gasteiger partial charge in [0.25, 0.3) is 0 Å². The lowest BCUT2D eigenvalue weighted by Gasteiger charge is -2.23. The van der Waals surface area contributed by atoms with Crippen molar-refractivity contribution in [3.8, 4) is 5.75 Å². The Morgan fingerprint density at radius 1 is 1.23 bits per heavy atom. The first-order valence-electron chi connectivity index (χ1n) is 6.98. The summed E-state index contributed by atoms with van der Waals surface area (Å²) < 4.78 is 37.2. The standard InChI is InChI=1S/C15H23NO5S/c1-6-13(14(17)21-15(2,3)4)16-22(18,19)12-9-7-11(20-5)8-10-12/h7-10,13,16H,6H2,1-5H3/t13-/m1/s1. The van der Waals surface area contributed by atoms with Gasteiger partial charge in [-0.3, -0.25) is 4.79 Å². The molecule has 0 aliphatic carbocycles. The minimum atomic E-state index is -3.80. The van der Waals surface area contributed by atoms with Gasteiger partial charge in [0.2, 0.25) is 10.0 Å². The minimum Gasteiger partial charge on any atom is -0.497 e. The van der Waals surface area contributed by atoms with Crippen LogP contribution in [0.1, 0.15) is 34.1 Å². The topological polar surface area (TPSA) is 81.7 Å². The zero-order valence-corrected chi connectivity index (χ0v) is 14.4. The van der Waals surface area contributed by atoms with E-state index in [-0.39, 0.29) is 4.90 Å². The molecular weight excluding hydrogens is 306 g/mol. The van der Waals surface area contributed by atoms with Crippen LogP contribution < -0.4 is 9.46 Å². The van der Waals surface area contributed by atoms with Crippen molar-refractivity contribution in [1.29, 1.82) is 0 Å². The number of methoxy groups -OCH3 is 1. The van der Waals surface area contributed by atoms with E-state index in [1.165, 1.54) is 19.2 Å². The Kier molecular flexibility index (Phi) is 5.96. The van der Waals surface area contributed by atoms with E-state index in [1.54, 1.807) is 39.8 Å². The van der Waals surface area contributed by atoms with Crippen molar-refractivity contribution < 1.29 is 22.7 Å². The number of rotatable bonds is 6. The third-order valence-electron chi connectivity index (χ3n) is 2.77. The van der Waals surface area contributed by atoms with Gasteiger partial charge in [-0.05, 0) is 51.5 Å². The lowest BCUT2D eigenvalue weighted by molar-refractivity contribution is -0.157. The predicted molar refractivity (Wildman–Crippen MR) is 83.2 cm³/mol. The van der Waals surface area contributed by atoms with E-state index >= 15 is 0 Å². The van der Waals surface area contributed by atoms with E-state index in [4.69, 9.17) is 9.47 Å². The molecular formula is C15H23NO5S. The molecule has 124 valence electrons. The molecule has 0 unspecified atom stereocenters. The highest BCUT2D eigenvalue weighted by molar-refractivity contribution is 7.89. The van der Waals surface area contributed by atoms with Crippen LogP contribution in [0.2, 0.25) is 0 Å². The molecule has 0 aliphatic heterocycles. The number of benzene rings is 1. The molecule has 0 fully saturated rings. The van der Waals surface area contributed by atoms with Gasteiger partial charge in [-0.1, -0.05) is 6.92 Å². The summed E-state index contributed by atoms with van der Waals surface area (Å²) in [7, 11) is -2.31. The Morgan fingerprint density at radius 2 is 1.77 bits per heavy atom. The monoisotopic (exact) mass is 329 g/mol. The summed E-state index contributed by atoms with van der Waals surface area (Å²) in [5, 5.41) is 0. The van der Waals surface area contributed by atoms with Gasteiger partial charge in [0.15, 0.2) is 0 Å². The molecule has 0 bridgehead atoms. The molecule has 1 atom stereocenters. The van der Waals surface area contributed by atoms with Crippen molar-refractivity contribution in [2.45, 2.75) is 50.7 Å². The maximum Gasteiger partial charge on any atom is 0.324 e. The molecule has 1 rings (SSSR count). The largest absolute Gasteiger partial charge is 0.497 e. The molecule has 0 aromatic heterocycles. The summed E-state index contributed by atoms with van der Waals surface area (Å²) >= 11 is 0. The van der Waals surface area contributed by atoms with Crippen LogP contribution in [0.25, 0.3) is 0 Å². The van der Waals surface area contributed by atoms with E-state index in [9.17, 15) is 13.2 Å². The predicted octanol–water partition coefficient (Wildman–Crippen LogP) is 2.09. The first-order chi connectivity index (χ1) is 10.1. The molecule has 7 heteroatoms. The van der Waals surface area contributed by atoms with Crippen molar-refractivity contribution in [1.82, 2.24) is 4.72 Å². The lowest BCUT2D eigenvalue weighted by atomic mass is 10.2. The van der Waals surface area contributed by atoms with Crippen LogP contribution in [-0.2, 0) is 19.6 Å². The first-order valence-corrected chi connectivity index (χ1v) is 8.46. The Balaban J connectivity index is 2.90. The zero-order chi connectivity index (χ0) is 17.0. The summed E-state index contributed by atoms with van der Waals surface area (Å²) in [5.41, 5.74) is -0.671. The molecule has 6 nitrogen and oxygen atoms in total. The Bertz CT molecular complexity index is 602. The van der Waals surface area contributed by atoms with Crippen molar-refractivity contribution in [3.05, 3.63) is 24.3 Å². The smallest absolute Gasteiger partial charge is 0.324 e. The van der Waals surface area contributed by atoms with Crippen LogP contribution in [0, 0.1) is 0 Å². The normalized spacial score (nSPS) is 13.5. The number of carbonyl (C=O) groups is 1. The molecule has 0 saturated heterocycles. The Morgan fingerprint density at radius 3 is 2.18 bits per heavy atom. The summed E-state index contributed by atoms with van der Waals surface area (Å²) in [6.45, 7) is 6.91. The van der Waals surface area contributed by atoms with Gasteiger partial charge in [0.05, 0.1) is 12.0 Å². The maximum absolute atomic E-state index is 12.3. The van der Waals surface area contributed by atoms with Crippen molar-refractivity contribution >= 4 is 16.0 Å². The van der Waals surface area contributed by atoms with Crippen LogP contribution in [0.3, 0.4) is 0 Å². The van der Waals surface area contributed by atoms with Crippen LogP contribution in [-0.4, -0.2) is 33.1 Å². The van der Waals surface area contributed by atoms with E-state index in [0.29, 0.717) is 12.2 Å². The van der Waals surface area contributed by atoms with Gasteiger partial charge >= 0.3 is 5.97 Å². The molecule has 0 spiro atoms. The number of ether oxygens (including phenoxy) is 2. The van der Waals surface area contributed by atoms with Gasteiger partial charge in [-0.25, -0.2) is 8.42 Å². The highest BCUT2D eigenvalue weighted by atomic mass is 32.2. The Hall–Kier alpha value is -1.60. The van der Waals surface area contributed by atoms with Crippen LogP contribution in [0.5, 0.6) is 5.75 Å². The molecule has 1 aromatic rings. The average Bonchev–Trinajstić information content (AvgIpc) is 2.43. The summed E-state index contributed by atoms with van der Waals surface area (Å²) in [5.74, 6) is -0.0368. The molecule has 0 radical (unpaired) electrons. The number of hydrogen-bond acceptors (Lipinski definition) is 5. The number of nitrogens with one attached hydrogen (secondary N) is 1. The molecule has 0 heterocycles. The zero-order valence-electron chi connectivity index (χ0n) is 13.5. The van der Waals surface area contributed by atoms with Gasteiger partial charge < -0.3 is 9.47 Å². The second-order valence-corrected chi connectivity index (χ2v) is 7.51. The van der Waals surface area contributed by atoms with E-state index in [2.05, 4.69) is 4.72 Å². The van der Waals surface area contributed by atoms with Gasteiger partial charge in [0, 0.05) is 0 Å². The fraction of sp³-hybridized carbons (Fsp3) is 0.533. The summed E-state index contributed by atoms with van der Waals surface area (Å²) in [4.78, 5) is 12.1. The van der Waals surface area contributed by atoms with E-state index in [1.807, 2.05) is 0 Å². The highest BCUT2D eigenvalue weighted by Gasteiger charge is 2.28. The van der Waals surface area contributed by atoms with Crippen LogP contribution in [0.4, 0.5) is 0 Å². The quantitative estimate of drug-likeness (QED) is 0.808. The summed E-state index contributed by atoms with van der Waals surface area (Å²) in [6, 6.07) is 5.00. The third-order valence-corrected chi connectivity index (χ3v) is 4.25. The van der Waals surface area contributed by atoms with Crippen LogP contribution >= 0.6 is 0 Å². The number of carbonyl (C=O) groups excluding carboxylic acids is 1. The van der Waals surface area contributed by atoms with Crippen molar-refractivity contribution in [3.63, 3.8) is 0 Å². The lowest BCUT2D eigenvalue weighted by Crippen LogP contribution is -2.43. The third kappa shape index (κ3) is 5.31. The number of hydrogen-bond donors (Lipinski definition) is 1. The van der Waals surface area contributed by atoms with Gasteiger partial charge in [0.1, 0.15) is 17.4 Å². The number of sulfonamides is 1. The van der Waals surface area contributed by atoms with Crippen molar-refractivity contribution in [2.24, 2.45) is 0 Å². The first kappa shape index (κ1) is 18.4. The molecule has 1 aromatic carbocycles. The molecule has 0 amide bonds. The SMILES string of the molecule is CC[C@@H](NS(=O)(=O)c1ccc(OC)cc1)C(=O)OC(C)(C)C. The fourth-order valence-corrected chi connectivity index (χ4v) is 2.95. The van der Waals surface area contributed by atoms with Crippen molar-refractivity contribution in [2.75, 3.05) is 7.11 Å². The second kappa shape index (κ2) is 7.11. The maximum atomic E-state index is 12.3. The molecule has 22 heavy (non-hydrogen) atoms. The van der Waals surface area contributed by atoms with Gasteiger partial charge in [-0.2, -0.15) is 4.72 Å². The highest BCUT2D eigenvalue weighted by Crippen LogP contribution is 2.17. The minimum absolute atomic E-state index is 0.0651. The second-order valence-electron chi connectivity index (χ2n) is 5.79. The van der Waals surface area contributed by atoms with E-state index < -0.39 is 27.6 Å². The Labute approximate surface area is 131 Å². The van der Waals surface area contributed by atoms with Crippen LogP contribution in [0.15, 0.2) is 29.2 Å². The number of esters is 1. The molecule has 0 saturated carbocycles. The fourth-order valence-electron chi connectivity index (χ4n) is 1.68. The van der Waals surface area contributed by atoms with E-state index in [0.717, 1.165) is 0 Å². The average molecular weight is 329 g/mol. The molecule has 1 N–H and O–H groups in total. The molecule has 0 aliphatic rings. The van der Waals surface area contributed by atoms with Gasteiger partial charge in [-0.15, -0.1) is 0 Å². The summed E-state index contributed by atoms with van der Waals surface area (Å²) in [6.07, 6.45) is 0.296.